The largest absolute Gasteiger partial charge is 0.326 e. The highest BCUT2D eigenvalue weighted by Gasteiger charge is 2.22. The monoisotopic (exact) mass is 392 g/mol. The van der Waals surface area contributed by atoms with E-state index < -0.39 is 29.0 Å². The molecule has 0 spiro atoms. The summed E-state index contributed by atoms with van der Waals surface area (Å²) in [6.07, 6.45) is -0.142. The predicted octanol–water partition coefficient (Wildman–Crippen LogP) is 4.78. The van der Waals surface area contributed by atoms with Crippen LogP contribution in [-0.4, -0.2) is 18.4 Å². The summed E-state index contributed by atoms with van der Waals surface area (Å²) in [5.74, 6) is -5.44. The van der Waals surface area contributed by atoms with Gasteiger partial charge in [-0.2, -0.15) is 0 Å². The van der Waals surface area contributed by atoms with E-state index in [2.05, 4.69) is 5.32 Å². The van der Waals surface area contributed by atoms with Gasteiger partial charge in [-0.05, 0) is 29.2 Å². The predicted molar refractivity (Wildman–Crippen MR) is 103 cm³/mol. The zero-order valence-electron chi connectivity index (χ0n) is 16.3. The van der Waals surface area contributed by atoms with Crippen LogP contribution in [0.2, 0.25) is 0 Å². The van der Waals surface area contributed by atoms with Gasteiger partial charge in [-0.25, -0.2) is 13.2 Å². The third-order valence-electron chi connectivity index (χ3n) is 4.26. The second kappa shape index (κ2) is 8.46. The fourth-order valence-corrected chi connectivity index (χ4v) is 2.84. The highest BCUT2D eigenvalue weighted by molar-refractivity contribution is 5.95. The minimum absolute atomic E-state index is 0.142. The lowest BCUT2D eigenvalue weighted by Crippen LogP contribution is -2.33. The van der Waals surface area contributed by atoms with Crippen LogP contribution in [-0.2, 0) is 15.0 Å². The lowest BCUT2D eigenvalue weighted by molar-refractivity contribution is -0.117. The van der Waals surface area contributed by atoms with Crippen molar-refractivity contribution in [2.75, 3.05) is 16.8 Å². The number of benzene rings is 2. The molecule has 0 radical (unpaired) electrons. The van der Waals surface area contributed by atoms with Crippen molar-refractivity contribution in [2.45, 2.75) is 39.5 Å². The lowest BCUT2D eigenvalue weighted by atomic mass is 9.86. The number of para-hydroxylation sites is 1. The number of hydrogen-bond acceptors (Lipinski definition) is 2. The molecular formula is C21H23F3N2O2. The van der Waals surface area contributed by atoms with Crippen molar-refractivity contribution in [3.63, 3.8) is 0 Å². The average molecular weight is 392 g/mol. The third-order valence-corrected chi connectivity index (χ3v) is 4.26. The smallest absolute Gasteiger partial charge is 0.226 e. The Hall–Kier alpha value is -2.83. The molecule has 0 saturated heterocycles. The molecular weight excluding hydrogens is 369 g/mol. The summed E-state index contributed by atoms with van der Waals surface area (Å²) in [7, 11) is 0. The maximum atomic E-state index is 14.0. The highest BCUT2D eigenvalue weighted by Crippen LogP contribution is 2.29. The van der Waals surface area contributed by atoms with E-state index in [1.165, 1.54) is 0 Å². The van der Waals surface area contributed by atoms with Crippen LogP contribution < -0.4 is 10.2 Å². The quantitative estimate of drug-likeness (QED) is 0.745. The number of rotatable bonds is 5. The Balaban J connectivity index is 2.15. The second-order valence-corrected chi connectivity index (χ2v) is 7.46. The Morgan fingerprint density at radius 2 is 1.64 bits per heavy atom. The van der Waals surface area contributed by atoms with Gasteiger partial charge < -0.3 is 10.2 Å². The molecule has 0 saturated carbocycles. The molecule has 2 rings (SSSR count). The first-order valence-corrected chi connectivity index (χ1v) is 8.83. The van der Waals surface area contributed by atoms with Crippen molar-refractivity contribution in [2.24, 2.45) is 0 Å². The van der Waals surface area contributed by atoms with E-state index >= 15 is 0 Å². The van der Waals surface area contributed by atoms with Gasteiger partial charge in [-0.3, -0.25) is 9.59 Å². The van der Waals surface area contributed by atoms with Gasteiger partial charge >= 0.3 is 0 Å². The Bertz CT molecular complexity index is 892. The lowest BCUT2D eigenvalue weighted by Gasteiger charge is -2.24. The van der Waals surface area contributed by atoms with Crippen molar-refractivity contribution < 1.29 is 22.8 Å². The van der Waals surface area contributed by atoms with Crippen LogP contribution >= 0.6 is 0 Å². The SMILES string of the molecule is CC(=O)N(CCC(=O)Nc1ccccc1C(C)(C)C)c1ccc(F)c(F)c1F. The zero-order chi connectivity index (χ0) is 21.1. The van der Waals surface area contributed by atoms with E-state index in [1.54, 1.807) is 12.1 Å². The molecule has 2 aromatic rings. The number of nitrogens with zero attached hydrogens (tertiary/aromatic N) is 1. The topological polar surface area (TPSA) is 49.4 Å². The molecule has 0 unspecified atom stereocenters. The molecule has 0 aliphatic rings. The Kier molecular flexibility index (Phi) is 6.48. The van der Waals surface area contributed by atoms with E-state index in [0.717, 1.165) is 29.5 Å². The zero-order valence-corrected chi connectivity index (χ0v) is 16.3. The summed E-state index contributed by atoms with van der Waals surface area (Å²) in [6.45, 7) is 7.03. The van der Waals surface area contributed by atoms with Crippen molar-refractivity contribution in [1.82, 2.24) is 0 Å². The van der Waals surface area contributed by atoms with Crippen molar-refractivity contribution >= 4 is 23.2 Å². The first-order chi connectivity index (χ1) is 13.0. The van der Waals surface area contributed by atoms with E-state index in [1.807, 2.05) is 32.9 Å². The summed E-state index contributed by atoms with van der Waals surface area (Å²) in [4.78, 5) is 25.1. The molecule has 0 bridgehead atoms. The summed E-state index contributed by atoms with van der Waals surface area (Å²) >= 11 is 0. The molecule has 0 heterocycles. The van der Waals surface area contributed by atoms with Crippen LogP contribution in [0.4, 0.5) is 24.5 Å². The average Bonchev–Trinajstić information content (AvgIpc) is 2.61. The first kappa shape index (κ1) is 21.5. The van der Waals surface area contributed by atoms with Gasteiger partial charge in [0.15, 0.2) is 17.5 Å². The maximum absolute atomic E-state index is 14.0. The van der Waals surface area contributed by atoms with Gasteiger partial charge in [0.2, 0.25) is 11.8 Å². The normalized spacial score (nSPS) is 11.2. The summed E-state index contributed by atoms with van der Waals surface area (Å²) in [5, 5.41) is 2.79. The summed E-state index contributed by atoms with van der Waals surface area (Å²) in [5.41, 5.74) is 0.991. The first-order valence-electron chi connectivity index (χ1n) is 8.83. The third kappa shape index (κ3) is 4.91. The van der Waals surface area contributed by atoms with Gasteiger partial charge in [0, 0.05) is 25.6 Å². The van der Waals surface area contributed by atoms with Gasteiger partial charge in [0.1, 0.15) is 0 Å². The molecule has 150 valence electrons. The molecule has 7 heteroatoms. The molecule has 4 nitrogen and oxygen atoms in total. The van der Waals surface area contributed by atoms with Crippen LogP contribution in [0.25, 0.3) is 0 Å². The molecule has 0 atom stereocenters. The van der Waals surface area contributed by atoms with Crippen LogP contribution in [0.3, 0.4) is 0 Å². The molecule has 0 fully saturated rings. The van der Waals surface area contributed by atoms with Gasteiger partial charge in [0.05, 0.1) is 5.69 Å². The van der Waals surface area contributed by atoms with Crippen LogP contribution in [0, 0.1) is 17.5 Å². The maximum Gasteiger partial charge on any atom is 0.226 e. The van der Waals surface area contributed by atoms with Gasteiger partial charge in [-0.1, -0.05) is 39.0 Å². The molecule has 0 aromatic heterocycles. The molecule has 28 heavy (non-hydrogen) atoms. The number of halogens is 3. The van der Waals surface area contributed by atoms with E-state index in [0.29, 0.717) is 5.69 Å². The molecule has 2 aromatic carbocycles. The van der Waals surface area contributed by atoms with Crippen LogP contribution in [0.5, 0.6) is 0 Å². The van der Waals surface area contributed by atoms with Crippen LogP contribution in [0.1, 0.15) is 39.7 Å². The minimum atomic E-state index is -1.66. The molecule has 0 aliphatic carbocycles. The Morgan fingerprint density at radius 1 is 1.00 bits per heavy atom. The molecule has 0 aliphatic heterocycles. The minimum Gasteiger partial charge on any atom is -0.326 e. The molecule has 2 amide bonds. The van der Waals surface area contributed by atoms with E-state index in [9.17, 15) is 22.8 Å². The second-order valence-electron chi connectivity index (χ2n) is 7.46. The number of anilines is 2. The Labute approximate surface area is 162 Å². The summed E-state index contributed by atoms with van der Waals surface area (Å²) in [6, 6.07) is 9.07. The number of carbonyl (C=O) groups excluding carboxylic acids is 2. The fraction of sp³-hybridized carbons (Fsp3) is 0.333. The van der Waals surface area contributed by atoms with Gasteiger partial charge in [-0.15, -0.1) is 0 Å². The number of carbonyl (C=O) groups is 2. The number of amides is 2. The van der Waals surface area contributed by atoms with Gasteiger partial charge in [0.25, 0.3) is 0 Å². The van der Waals surface area contributed by atoms with E-state index in [4.69, 9.17) is 0 Å². The summed E-state index contributed by atoms with van der Waals surface area (Å²) < 4.78 is 40.6. The standard InChI is InChI=1S/C21H23F3N2O2/c1-13(27)26(17-10-9-15(22)19(23)20(17)24)12-11-18(28)25-16-8-6-5-7-14(16)21(2,3)4/h5-10H,11-12H2,1-4H3,(H,25,28). The van der Waals surface area contributed by atoms with Crippen molar-refractivity contribution in [3.8, 4) is 0 Å². The van der Waals surface area contributed by atoms with E-state index in [-0.39, 0.29) is 24.3 Å². The molecule has 1 N–H and O–H groups in total. The number of nitrogens with one attached hydrogen (secondary N) is 1. The highest BCUT2D eigenvalue weighted by atomic mass is 19.2. The van der Waals surface area contributed by atoms with Crippen molar-refractivity contribution in [1.29, 1.82) is 0 Å². The number of hydrogen-bond donors (Lipinski definition) is 1. The fourth-order valence-electron chi connectivity index (χ4n) is 2.84. The van der Waals surface area contributed by atoms with Crippen molar-refractivity contribution in [3.05, 3.63) is 59.4 Å². The Morgan fingerprint density at radius 3 is 2.25 bits per heavy atom. The van der Waals surface area contributed by atoms with Crippen LogP contribution in [0.15, 0.2) is 36.4 Å².